The van der Waals surface area contributed by atoms with Crippen LogP contribution < -0.4 is 22.1 Å². The van der Waals surface area contributed by atoms with E-state index in [-0.39, 0.29) is 5.91 Å². The number of pyridine rings is 1. The highest BCUT2D eigenvalue weighted by Gasteiger charge is 2.09. The average molecular weight is 399 g/mol. The van der Waals surface area contributed by atoms with Crippen LogP contribution in [0.15, 0.2) is 91.7 Å². The quantitative estimate of drug-likeness (QED) is 0.342. The van der Waals surface area contributed by atoms with Crippen molar-refractivity contribution < 1.29 is 4.79 Å². The molecule has 0 radical (unpaired) electrons. The van der Waals surface area contributed by atoms with Gasteiger partial charge in [-0.15, -0.1) is 0 Å². The molecule has 0 fully saturated rings. The molecule has 1 amide bonds. The van der Waals surface area contributed by atoms with E-state index in [1.54, 1.807) is 6.08 Å². The summed E-state index contributed by atoms with van der Waals surface area (Å²) < 4.78 is 0. The zero-order valence-corrected chi connectivity index (χ0v) is 16.6. The molecule has 0 aliphatic heterocycles. The fourth-order valence-corrected chi connectivity index (χ4v) is 3.03. The van der Waals surface area contributed by atoms with Crippen LogP contribution in [-0.2, 0) is 11.2 Å². The summed E-state index contributed by atoms with van der Waals surface area (Å²) in [4.78, 5) is 16.3. The minimum Gasteiger partial charge on any atom is -0.405 e. The molecule has 3 aromatic rings. The number of nitrogens with zero attached hydrogens (tertiary/aromatic N) is 1. The molecule has 3 rings (SSSR count). The van der Waals surface area contributed by atoms with E-state index in [4.69, 9.17) is 16.5 Å². The minimum atomic E-state index is -0.458. The Hall–Kier alpha value is -3.90. The molecule has 152 valence electrons. The molecule has 1 heterocycles. The van der Waals surface area contributed by atoms with Crippen molar-refractivity contribution in [3.05, 3.63) is 103 Å². The summed E-state index contributed by atoms with van der Waals surface area (Å²) in [6, 6.07) is 21.7. The van der Waals surface area contributed by atoms with Crippen LogP contribution in [0.25, 0.3) is 11.3 Å². The maximum Gasteiger partial charge on any atom is 0.247 e. The molecule has 0 aliphatic carbocycles. The Morgan fingerprint density at radius 3 is 2.60 bits per heavy atom. The molecule has 1 aromatic heterocycles. The van der Waals surface area contributed by atoms with Gasteiger partial charge in [-0.1, -0.05) is 49.0 Å². The number of aromatic nitrogens is 1. The van der Waals surface area contributed by atoms with Crippen molar-refractivity contribution in [3.63, 3.8) is 0 Å². The molecule has 1 atom stereocenters. The fraction of sp³-hybridized carbons (Fsp3) is 0.0833. The highest BCUT2D eigenvalue weighted by molar-refractivity contribution is 5.99. The van der Waals surface area contributed by atoms with Gasteiger partial charge in [0.25, 0.3) is 0 Å². The van der Waals surface area contributed by atoms with Crippen molar-refractivity contribution in [3.8, 4) is 11.3 Å². The number of nitrogens with two attached hydrogens (primary N) is 2. The molecule has 1 unspecified atom stereocenters. The predicted molar refractivity (Wildman–Crippen MR) is 123 cm³/mol. The summed E-state index contributed by atoms with van der Waals surface area (Å²) in [6.45, 7) is 3.48. The second-order valence-corrected chi connectivity index (χ2v) is 6.74. The SMILES string of the molecule is C=CC(=O)Nc1cccc(-c2cc(Cc3ccccc3)cc(NC(N)/C=C\N)n2)c1. The van der Waals surface area contributed by atoms with Crippen molar-refractivity contribution in [2.24, 2.45) is 11.5 Å². The van der Waals surface area contributed by atoms with E-state index >= 15 is 0 Å². The standard InChI is InChI=1S/C24H25N5O/c1-2-24(30)27-20-10-6-9-19(16-20)21-14-18(13-17-7-4-3-5-8-17)15-23(28-21)29-22(26)11-12-25/h2-12,14-16,22H,1,13,25-26H2,(H,27,30)(H,28,29)/b12-11-. The summed E-state index contributed by atoms with van der Waals surface area (Å²) in [7, 11) is 0. The number of carbonyl (C=O) groups is 1. The predicted octanol–water partition coefficient (Wildman–Crippen LogP) is 3.63. The molecule has 30 heavy (non-hydrogen) atoms. The van der Waals surface area contributed by atoms with Gasteiger partial charge in [0.1, 0.15) is 5.82 Å². The van der Waals surface area contributed by atoms with Gasteiger partial charge in [-0.2, -0.15) is 0 Å². The largest absolute Gasteiger partial charge is 0.405 e. The Kier molecular flexibility index (Phi) is 6.97. The molecule has 0 spiro atoms. The molecule has 2 aromatic carbocycles. The molecule has 0 saturated carbocycles. The van der Waals surface area contributed by atoms with Gasteiger partial charge in [-0.05, 0) is 60.2 Å². The monoisotopic (exact) mass is 399 g/mol. The Labute approximate surface area is 176 Å². The lowest BCUT2D eigenvalue weighted by Gasteiger charge is -2.14. The number of carbonyl (C=O) groups excluding carboxylic acids is 1. The summed E-state index contributed by atoms with van der Waals surface area (Å²) in [5, 5.41) is 5.93. The molecule has 6 N–H and O–H groups in total. The first-order valence-corrected chi connectivity index (χ1v) is 9.56. The number of amides is 1. The third-order valence-electron chi connectivity index (χ3n) is 4.38. The fourth-order valence-electron chi connectivity index (χ4n) is 3.03. The van der Waals surface area contributed by atoms with Crippen LogP contribution in [0.2, 0.25) is 0 Å². The summed E-state index contributed by atoms with van der Waals surface area (Å²) in [5.74, 6) is 0.379. The number of hydrogen-bond donors (Lipinski definition) is 4. The normalized spacial score (nSPS) is 11.8. The lowest BCUT2D eigenvalue weighted by Crippen LogP contribution is -2.27. The van der Waals surface area contributed by atoms with Crippen LogP contribution in [0, 0.1) is 0 Å². The zero-order chi connectivity index (χ0) is 21.3. The molecule has 0 saturated heterocycles. The van der Waals surface area contributed by atoms with E-state index in [2.05, 4.69) is 29.3 Å². The van der Waals surface area contributed by atoms with E-state index in [0.29, 0.717) is 11.5 Å². The van der Waals surface area contributed by atoms with Crippen LogP contribution in [0.3, 0.4) is 0 Å². The van der Waals surface area contributed by atoms with Gasteiger partial charge in [0.15, 0.2) is 0 Å². The van der Waals surface area contributed by atoms with Gasteiger partial charge in [-0.25, -0.2) is 4.98 Å². The highest BCUT2D eigenvalue weighted by atomic mass is 16.1. The Bertz CT molecular complexity index is 1050. The molecular formula is C24H25N5O. The van der Waals surface area contributed by atoms with Crippen LogP contribution in [0.4, 0.5) is 11.5 Å². The van der Waals surface area contributed by atoms with E-state index in [1.165, 1.54) is 17.8 Å². The molecule has 6 nitrogen and oxygen atoms in total. The lowest BCUT2D eigenvalue weighted by atomic mass is 10.0. The van der Waals surface area contributed by atoms with E-state index in [9.17, 15) is 4.79 Å². The number of anilines is 2. The minimum absolute atomic E-state index is 0.264. The number of rotatable bonds is 8. The maximum absolute atomic E-state index is 11.6. The van der Waals surface area contributed by atoms with Crippen LogP contribution in [-0.4, -0.2) is 17.1 Å². The van der Waals surface area contributed by atoms with E-state index in [1.807, 2.05) is 54.6 Å². The van der Waals surface area contributed by atoms with E-state index in [0.717, 1.165) is 23.2 Å². The number of hydrogen-bond acceptors (Lipinski definition) is 5. The van der Waals surface area contributed by atoms with Gasteiger partial charge in [0, 0.05) is 11.3 Å². The summed E-state index contributed by atoms with van der Waals surface area (Å²) in [5.41, 5.74) is 16.1. The zero-order valence-electron chi connectivity index (χ0n) is 16.6. The average Bonchev–Trinajstić information content (AvgIpc) is 2.74. The smallest absolute Gasteiger partial charge is 0.247 e. The van der Waals surface area contributed by atoms with Gasteiger partial charge in [0.2, 0.25) is 5.91 Å². The first kappa shape index (κ1) is 20.8. The summed E-state index contributed by atoms with van der Waals surface area (Å²) in [6.07, 6.45) is 4.58. The lowest BCUT2D eigenvalue weighted by molar-refractivity contribution is -0.111. The van der Waals surface area contributed by atoms with Gasteiger partial charge in [0.05, 0.1) is 11.9 Å². The topological polar surface area (TPSA) is 106 Å². The Morgan fingerprint density at radius 1 is 1.07 bits per heavy atom. The Morgan fingerprint density at radius 2 is 1.87 bits per heavy atom. The number of benzene rings is 2. The molecular weight excluding hydrogens is 374 g/mol. The van der Waals surface area contributed by atoms with Crippen LogP contribution in [0.1, 0.15) is 11.1 Å². The van der Waals surface area contributed by atoms with Gasteiger partial charge in [-0.3, -0.25) is 4.79 Å². The summed E-state index contributed by atoms with van der Waals surface area (Å²) >= 11 is 0. The van der Waals surface area contributed by atoms with Gasteiger partial charge < -0.3 is 22.1 Å². The highest BCUT2D eigenvalue weighted by Crippen LogP contribution is 2.25. The molecule has 6 heteroatoms. The molecule has 0 bridgehead atoms. The van der Waals surface area contributed by atoms with Gasteiger partial charge >= 0.3 is 0 Å². The molecule has 0 aliphatic rings. The first-order valence-electron chi connectivity index (χ1n) is 9.56. The van der Waals surface area contributed by atoms with Crippen molar-refractivity contribution in [2.75, 3.05) is 10.6 Å². The second kappa shape index (κ2) is 10.0. The Balaban J connectivity index is 1.97. The first-order chi connectivity index (χ1) is 14.6. The second-order valence-electron chi connectivity index (χ2n) is 6.74. The van der Waals surface area contributed by atoms with Crippen LogP contribution in [0.5, 0.6) is 0 Å². The maximum atomic E-state index is 11.6. The van der Waals surface area contributed by atoms with Crippen molar-refractivity contribution in [1.82, 2.24) is 4.98 Å². The third kappa shape index (κ3) is 5.80. The van der Waals surface area contributed by atoms with Crippen molar-refractivity contribution >= 4 is 17.4 Å². The van der Waals surface area contributed by atoms with E-state index < -0.39 is 6.17 Å². The van der Waals surface area contributed by atoms with Crippen molar-refractivity contribution in [2.45, 2.75) is 12.6 Å². The number of nitrogens with one attached hydrogen (secondary N) is 2. The van der Waals surface area contributed by atoms with Crippen LogP contribution >= 0.6 is 0 Å². The third-order valence-corrected chi connectivity index (χ3v) is 4.38. The van der Waals surface area contributed by atoms with Crippen molar-refractivity contribution in [1.29, 1.82) is 0 Å².